The van der Waals surface area contributed by atoms with E-state index in [0.29, 0.717) is 24.7 Å². The number of anilines is 2. The highest BCUT2D eigenvalue weighted by atomic mass is 16.5. The Morgan fingerprint density at radius 3 is 2.18 bits per heavy atom. The van der Waals surface area contributed by atoms with E-state index < -0.39 is 0 Å². The first kappa shape index (κ1) is 19.3. The molecule has 0 saturated heterocycles. The number of carbonyl (C=O) groups excluding carboxylic acids is 1. The molecule has 0 saturated carbocycles. The molecule has 3 rings (SSSR count). The monoisotopic (exact) mass is 376 g/mol. The zero-order valence-corrected chi connectivity index (χ0v) is 15.9. The Bertz CT molecular complexity index is 883. The minimum absolute atomic E-state index is 0.0867. The molecule has 0 heterocycles. The van der Waals surface area contributed by atoms with E-state index in [0.717, 1.165) is 16.9 Å². The van der Waals surface area contributed by atoms with Crippen LogP contribution in [0.25, 0.3) is 0 Å². The maximum atomic E-state index is 12.1. The van der Waals surface area contributed by atoms with Crippen molar-refractivity contribution in [1.82, 2.24) is 0 Å². The van der Waals surface area contributed by atoms with Crippen molar-refractivity contribution in [2.45, 2.75) is 13.5 Å². The standard InChI is InChI=1S/C23H24N2O3/c1-2-27-22-15-18(16-24-19-9-5-3-6-10-19)13-14-21(22)28-17-23(26)25-20-11-7-4-8-12-20/h3-15,24H,2,16-17H2,1H3,(H,25,26). The fourth-order valence-electron chi connectivity index (χ4n) is 2.67. The van der Waals surface area contributed by atoms with E-state index >= 15 is 0 Å². The Morgan fingerprint density at radius 1 is 0.821 bits per heavy atom. The molecular formula is C23H24N2O3. The number of hydrogen-bond donors (Lipinski definition) is 2. The molecule has 3 aromatic rings. The molecule has 0 atom stereocenters. The average molecular weight is 376 g/mol. The molecule has 3 aromatic carbocycles. The van der Waals surface area contributed by atoms with Crippen LogP contribution >= 0.6 is 0 Å². The Balaban J connectivity index is 1.59. The van der Waals surface area contributed by atoms with E-state index in [1.54, 1.807) is 0 Å². The first-order valence-electron chi connectivity index (χ1n) is 9.27. The summed E-state index contributed by atoms with van der Waals surface area (Å²) in [4.78, 5) is 12.1. The van der Waals surface area contributed by atoms with E-state index in [9.17, 15) is 4.79 Å². The van der Waals surface area contributed by atoms with Crippen LogP contribution in [0.15, 0.2) is 78.9 Å². The summed E-state index contributed by atoms with van der Waals surface area (Å²) < 4.78 is 11.4. The highest BCUT2D eigenvalue weighted by molar-refractivity contribution is 5.91. The van der Waals surface area contributed by atoms with E-state index in [4.69, 9.17) is 9.47 Å². The molecule has 0 unspecified atom stereocenters. The van der Waals surface area contributed by atoms with Crippen LogP contribution in [-0.2, 0) is 11.3 Å². The first-order chi connectivity index (χ1) is 13.7. The number of carbonyl (C=O) groups is 1. The van der Waals surface area contributed by atoms with Crippen molar-refractivity contribution in [3.8, 4) is 11.5 Å². The maximum Gasteiger partial charge on any atom is 0.262 e. The van der Waals surface area contributed by atoms with Crippen molar-refractivity contribution in [2.75, 3.05) is 23.8 Å². The predicted octanol–water partition coefficient (Wildman–Crippen LogP) is 4.71. The van der Waals surface area contributed by atoms with Crippen LogP contribution in [0.4, 0.5) is 11.4 Å². The molecule has 0 radical (unpaired) electrons. The van der Waals surface area contributed by atoms with Gasteiger partial charge in [0.1, 0.15) is 0 Å². The molecule has 1 amide bonds. The normalized spacial score (nSPS) is 10.2. The van der Waals surface area contributed by atoms with E-state index in [1.165, 1.54) is 0 Å². The molecule has 5 heteroatoms. The van der Waals surface area contributed by atoms with Gasteiger partial charge in [0.2, 0.25) is 0 Å². The fraction of sp³-hybridized carbons (Fsp3) is 0.174. The fourth-order valence-corrected chi connectivity index (χ4v) is 2.67. The van der Waals surface area contributed by atoms with Gasteiger partial charge >= 0.3 is 0 Å². The average Bonchev–Trinajstić information content (AvgIpc) is 2.73. The lowest BCUT2D eigenvalue weighted by atomic mass is 10.2. The lowest BCUT2D eigenvalue weighted by molar-refractivity contribution is -0.118. The van der Waals surface area contributed by atoms with Gasteiger partial charge in [0, 0.05) is 17.9 Å². The second-order valence-electron chi connectivity index (χ2n) is 6.14. The molecule has 5 nitrogen and oxygen atoms in total. The first-order valence-corrected chi connectivity index (χ1v) is 9.27. The number of rotatable bonds is 9. The Morgan fingerprint density at radius 2 is 1.50 bits per heavy atom. The van der Waals surface area contributed by atoms with Gasteiger partial charge in [-0.1, -0.05) is 42.5 Å². The Hall–Kier alpha value is -3.47. The number of ether oxygens (including phenoxy) is 2. The summed E-state index contributed by atoms with van der Waals surface area (Å²) in [7, 11) is 0. The minimum atomic E-state index is -0.219. The summed E-state index contributed by atoms with van der Waals surface area (Å²) in [6, 6.07) is 25.0. The third-order valence-corrected chi connectivity index (χ3v) is 3.99. The van der Waals surface area contributed by atoms with Crippen LogP contribution in [0.1, 0.15) is 12.5 Å². The number of nitrogens with one attached hydrogen (secondary N) is 2. The van der Waals surface area contributed by atoms with Crippen LogP contribution in [0.2, 0.25) is 0 Å². The molecule has 2 N–H and O–H groups in total. The van der Waals surface area contributed by atoms with Crippen LogP contribution in [-0.4, -0.2) is 19.1 Å². The highest BCUT2D eigenvalue weighted by Crippen LogP contribution is 2.29. The van der Waals surface area contributed by atoms with Crippen molar-refractivity contribution in [3.05, 3.63) is 84.4 Å². The Kier molecular flexibility index (Phi) is 6.90. The summed E-state index contributed by atoms with van der Waals surface area (Å²) >= 11 is 0. The lowest BCUT2D eigenvalue weighted by Crippen LogP contribution is -2.20. The van der Waals surface area contributed by atoms with E-state index in [-0.39, 0.29) is 12.5 Å². The van der Waals surface area contributed by atoms with Crippen LogP contribution in [0.3, 0.4) is 0 Å². The van der Waals surface area contributed by atoms with Crippen molar-refractivity contribution in [1.29, 1.82) is 0 Å². The second-order valence-corrected chi connectivity index (χ2v) is 6.14. The molecule has 0 aliphatic carbocycles. The molecule has 0 aliphatic heterocycles. The SMILES string of the molecule is CCOc1cc(CNc2ccccc2)ccc1OCC(=O)Nc1ccccc1. The summed E-state index contributed by atoms with van der Waals surface area (Å²) in [5, 5.41) is 6.17. The zero-order valence-electron chi connectivity index (χ0n) is 15.9. The van der Waals surface area contributed by atoms with Gasteiger partial charge < -0.3 is 20.1 Å². The Labute approximate surface area is 165 Å². The van der Waals surface area contributed by atoms with E-state index in [2.05, 4.69) is 10.6 Å². The van der Waals surface area contributed by atoms with Gasteiger partial charge in [-0.05, 0) is 48.9 Å². The van der Waals surface area contributed by atoms with Gasteiger partial charge in [-0.2, -0.15) is 0 Å². The quantitative estimate of drug-likeness (QED) is 0.568. The van der Waals surface area contributed by atoms with Crippen molar-refractivity contribution < 1.29 is 14.3 Å². The van der Waals surface area contributed by atoms with E-state index in [1.807, 2.05) is 85.8 Å². The summed E-state index contributed by atoms with van der Waals surface area (Å²) in [5.41, 5.74) is 2.86. The maximum absolute atomic E-state index is 12.1. The summed E-state index contributed by atoms with van der Waals surface area (Å²) in [6.45, 7) is 3.01. The minimum Gasteiger partial charge on any atom is -0.490 e. The molecule has 0 bridgehead atoms. The summed E-state index contributed by atoms with van der Waals surface area (Å²) in [5.74, 6) is 0.958. The van der Waals surface area contributed by atoms with Gasteiger partial charge in [-0.3, -0.25) is 4.79 Å². The molecule has 0 aliphatic rings. The number of para-hydroxylation sites is 2. The molecule has 28 heavy (non-hydrogen) atoms. The second kappa shape index (κ2) is 10.0. The molecule has 0 spiro atoms. The van der Waals surface area contributed by atoms with Gasteiger partial charge in [0.25, 0.3) is 5.91 Å². The predicted molar refractivity (Wildman–Crippen MR) is 112 cm³/mol. The van der Waals surface area contributed by atoms with Gasteiger partial charge in [0.15, 0.2) is 18.1 Å². The van der Waals surface area contributed by atoms with Crippen molar-refractivity contribution in [3.63, 3.8) is 0 Å². The van der Waals surface area contributed by atoms with Gasteiger partial charge in [-0.25, -0.2) is 0 Å². The van der Waals surface area contributed by atoms with Crippen molar-refractivity contribution >= 4 is 17.3 Å². The smallest absolute Gasteiger partial charge is 0.262 e. The number of amides is 1. The molecule has 0 fully saturated rings. The summed E-state index contributed by atoms with van der Waals surface area (Å²) in [6.07, 6.45) is 0. The topological polar surface area (TPSA) is 59.6 Å². The number of hydrogen-bond acceptors (Lipinski definition) is 4. The molecular weight excluding hydrogens is 352 g/mol. The molecule has 0 aromatic heterocycles. The third kappa shape index (κ3) is 5.77. The van der Waals surface area contributed by atoms with Crippen LogP contribution < -0.4 is 20.1 Å². The van der Waals surface area contributed by atoms with Crippen LogP contribution in [0.5, 0.6) is 11.5 Å². The molecule has 144 valence electrons. The number of benzene rings is 3. The zero-order chi connectivity index (χ0) is 19.6. The van der Waals surface area contributed by atoms with Crippen LogP contribution in [0, 0.1) is 0 Å². The van der Waals surface area contributed by atoms with Crippen molar-refractivity contribution in [2.24, 2.45) is 0 Å². The van der Waals surface area contributed by atoms with Gasteiger partial charge in [0.05, 0.1) is 6.61 Å². The third-order valence-electron chi connectivity index (χ3n) is 3.99. The highest BCUT2D eigenvalue weighted by Gasteiger charge is 2.10. The lowest BCUT2D eigenvalue weighted by Gasteiger charge is -2.14. The largest absolute Gasteiger partial charge is 0.490 e. The van der Waals surface area contributed by atoms with Gasteiger partial charge in [-0.15, -0.1) is 0 Å².